The minimum atomic E-state index is -2.97. The van der Waals surface area contributed by atoms with Crippen LogP contribution in [-0.4, -0.2) is 13.5 Å². The van der Waals surface area contributed by atoms with E-state index in [0.29, 0.717) is 5.75 Å². The highest BCUT2D eigenvalue weighted by Gasteiger charge is 2.43. The van der Waals surface area contributed by atoms with Crippen LogP contribution in [0.5, 0.6) is 5.75 Å². The second-order valence-corrected chi connectivity index (χ2v) is 6.09. The summed E-state index contributed by atoms with van der Waals surface area (Å²) in [6.45, 7) is 1.97. The topological polar surface area (TPSA) is 76.3 Å². The first-order valence-corrected chi connectivity index (χ1v) is 7.35. The number of nitrogens with one attached hydrogen (secondary N) is 1. The van der Waals surface area contributed by atoms with Crippen molar-refractivity contribution >= 4 is 10.0 Å². The highest BCUT2D eigenvalue weighted by Crippen LogP contribution is 2.31. The second-order valence-electron chi connectivity index (χ2n) is 4.29. The third kappa shape index (κ3) is 3.81. The lowest BCUT2D eigenvalue weighted by Crippen LogP contribution is -1.83. The van der Waals surface area contributed by atoms with E-state index in [-0.39, 0.29) is 0 Å². The zero-order valence-electron chi connectivity index (χ0n) is 10.4. The lowest BCUT2D eigenvalue weighted by atomic mass is 10.1. The van der Waals surface area contributed by atoms with E-state index in [0.717, 1.165) is 11.1 Å². The highest BCUT2D eigenvalue weighted by atomic mass is 32.2. The molecule has 1 saturated heterocycles. The van der Waals surface area contributed by atoms with Crippen LogP contribution < -0.4 is 4.72 Å². The largest absolute Gasteiger partial charge is 0.508 e. The van der Waals surface area contributed by atoms with Crippen molar-refractivity contribution in [3.63, 3.8) is 0 Å². The molecule has 5 heteroatoms. The second kappa shape index (κ2) is 5.42. The van der Waals surface area contributed by atoms with Crippen molar-refractivity contribution in [3.05, 3.63) is 65.7 Å². The Morgan fingerprint density at radius 3 is 1.89 bits per heavy atom. The first-order valence-electron chi connectivity index (χ1n) is 5.81. The molecule has 0 radical (unpaired) electrons. The van der Waals surface area contributed by atoms with Gasteiger partial charge in [-0.3, -0.25) is 0 Å². The van der Waals surface area contributed by atoms with Crippen molar-refractivity contribution in [2.75, 3.05) is 0 Å². The van der Waals surface area contributed by atoms with Crippen LogP contribution in [0.3, 0.4) is 0 Å². The van der Waals surface area contributed by atoms with Crippen LogP contribution in [0.4, 0.5) is 0 Å². The first-order chi connectivity index (χ1) is 8.99. The van der Waals surface area contributed by atoms with Gasteiger partial charge in [0.2, 0.25) is 10.0 Å². The molecule has 1 atom stereocenters. The van der Waals surface area contributed by atoms with Crippen molar-refractivity contribution < 1.29 is 13.5 Å². The molecule has 4 nitrogen and oxygen atoms in total. The maximum absolute atomic E-state index is 10.8. The molecule has 0 saturated carbocycles. The van der Waals surface area contributed by atoms with Crippen LogP contribution in [0, 0.1) is 6.92 Å². The van der Waals surface area contributed by atoms with E-state index in [9.17, 15) is 8.42 Å². The Morgan fingerprint density at radius 2 is 1.53 bits per heavy atom. The summed E-state index contributed by atoms with van der Waals surface area (Å²) in [6.07, 6.45) is 0. The predicted octanol–water partition coefficient (Wildman–Crippen LogP) is 2.32. The number of hydrogen-bond donors (Lipinski definition) is 2. The number of para-hydroxylation sites is 1. The summed E-state index contributed by atoms with van der Waals surface area (Å²) in [5.41, 5.74) is 1.96. The number of hydrogen-bond acceptors (Lipinski definition) is 3. The van der Waals surface area contributed by atoms with E-state index in [4.69, 9.17) is 5.11 Å². The first kappa shape index (κ1) is 13.6. The number of phenols is 1. The zero-order chi connectivity index (χ0) is 13.9. The van der Waals surface area contributed by atoms with Crippen LogP contribution in [0.1, 0.15) is 16.5 Å². The van der Waals surface area contributed by atoms with Gasteiger partial charge in [0.25, 0.3) is 0 Å². The number of rotatable bonds is 1. The normalized spacial score (nSPS) is 19.1. The van der Waals surface area contributed by atoms with Gasteiger partial charge in [-0.05, 0) is 24.6 Å². The number of benzene rings is 2. The van der Waals surface area contributed by atoms with Crippen LogP contribution in [0.15, 0.2) is 54.6 Å². The third-order valence-corrected chi connectivity index (χ3v) is 3.98. The fraction of sp³-hybridized carbons (Fsp3) is 0.143. The Hall–Kier alpha value is -1.85. The van der Waals surface area contributed by atoms with Gasteiger partial charge in [-0.25, -0.2) is 8.42 Å². The predicted molar refractivity (Wildman–Crippen MR) is 74.1 cm³/mol. The van der Waals surface area contributed by atoms with Crippen molar-refractivity contribution in [2.45, 2.75) is 12.3 Å². The molecule has 2 aromatic carbocycles. The molecule has 0 bridgehead atoms. The molecule has 100 valence electrons. The smallest absolute Gasteiger partial charge is 0.234 e. The average Bonchev–Trinajstić information content (AvgIpc) is 3.01. The maximum Gasteiger partial charge on any atom is 0.234 e. The SMILES string of the molecule is Cc1ccc(C2NS2(=O)=O)cc1.Oc1ccccc1. The molecule has 2 aromatic rings. The Labute approximate surface area is 112 Å². The molecule has 2 N–H and O–H groups in total. The summed E-state index contributed by atoms with van der Waals surface area (Å²) >= 11 is 0. The van der Waals surface area contributed by atoms with Gasteiger partial charge in [0.1, 0.15) is 5.75 Å². The molecule has 19 heavy (non-hydrogen) atoms. The molecule has 3 rings (SSSR count). The summed E-state index contributed by atoms with van der Waals surface area (Å²) in [7, 11) is -2.97. The standard InChI is InChI=1S/C8H9NO2S.C6H6O/c1-6-2-4-7(5-3-6)8-9-12(8,10)11;7-6-4-2-1-3-5-6/h2-5,8-9H,1H3;1-5,7H. The van der Waals surface area contributed by atoms with E-state index >= 15 is 0 Å². The number of aromatic hydroxyl groups is 1. The minimum Gasteiger partial charge on any atom is -0.508 e. The van der Waals surface area contributed by atoms with Gasteiger partial charge in [0, 0.05) is 0 Å². The summed E-state index contributed by atoms with van der Waals surface area (Å²) in [5, 5.41) is 8.17. The van der Waals surface area contributed by atoms with Gasteiger partial charge in [-0.15, -0.1) is 0 Å². The van der Waals surface area contributed by atoms with Crippen LogP contribution in [0.25, 0.3) is 0 Å². The zero-order valence-corrected chi connectivity index (χ0v) is 11.3. The van der Waals surface area contributed by atoms with E-state index < -0.39 is 15.4 Å². The van der Waals surface area contributed by atoms with Gasteiger partial charge < -0.3 is 5.11 Å². The van der Waals surface area contributed by atoms with Crippen LogP contribution >= 0.6 is 0 Å². The van der Waals surface area contributed by atoms with Crippen LogP contribution in [0.2, 0.25) is 0 Å². The Kier molecular flexibility index (Phi) is 3.87. The lowest BCUT2D eigenvalue weighted by molar-refractivity contribution is 0.475. The molecule has 0 spiro atoms. The molecule has 1 heterocycles. The molecule has 0 aliphatic carbocycles. The van der Waals surface area contributed by atoms with E-state index in [1.807, 2.05) is 37.3 Å². The summed E-state index contributed by atoms with van der Waals surface area (Å²) in [5.74, 6) is 0.322. The van der Waals surface area contributed by atoms with Gasteiger partial charge in [-0.1, -0.05) is 48.0 Å². The number of aryl methyl sites for hydroxylation is 1. The van der Waals surface area contributed by atoms with Crippen molar-refractivity contribution in [3.8, 4) is 5.75 Å². The van der Waals surface area contributed by atoms with Crippen molar-refractivity contribution in [2.24, 2.45) is 0 Å². The average molecular weight is 277 g/mol. The number of phenolic OH excluding ortho intramolecular Hbond substituents is 1. The number of sulfonamides is 1. The molecule has 1 unspecified atom stereocenters. The quantitative estimate of drug-likeness (QED) is 0.785. The lowest BCUT2D eigenvalue weighted by Gasteiger charge is -1.93. The Morgan fingerprint density at radius 1 is 1.00 bits per heavy atom. The molecule has 1 fully saturated rings. The molecular formula is C14H15NO3S. The van der Waals surface area contributed by atoms with Gasteiger partial charge in [0.15, 0.2) is 5.37 Å². The Balaban J connectivity index is 0.000000163. The highest BCUT2D eigenvalue weighted by molar-refractivity contribution is 7.96. The molecule has 0 amide bonds. The summed E-state index contributed by atoms with van der Waals surface area (Å²) in [6, 6.07) is 16.2. The Bertz CT molecular complexity index is 636. The summed E-state index contributed by atoms with van der Waals surface area (Å²) in [4.78, 5) is 0. The van der Waals surface area contributed by atoms with Gasteiger partial charge >= 0.3 is 0 Å². The fourth-order valence-electron chi connectivity index (χ4n) is 1.54. The monoisotopic (exact) mass is 277 g/mol. The maximum atomic E-state index is 10.8. The van der Waals surface area contributed by atoms with Crippen LogP contribution in [-0.2, 0) is 10.0 Å². The van der Waals surface area contributed by atoms with E-state index in [1.165, 1.54) is 0 Å². The summed E-state index contributed by atoms with van der Waals surface area (Å²) < 4.78 is 24.1. The van der Waals surface area contributed by atoms with E-state index in [1.54, 1.807) is 24.3 Å². The van der Waals surface area contributed by atoms with Gasteiger partial charge in [-0.2, -0.15) is 4.72 Å². The molecule has 0 aromatic heterocycles. The minimum absolute atomic E-state index is 0.322. The molecule has 1 aliphatic heterocycles. The van der Waals surface area contributed by atoms with Gasteiger partial charge in [0.05, 0.1) is 0 Å². The fourth-order valence-corrected chi connectivity index (χ4v) is 2.67. The van der Waals surface area contributed by atoms with E-state index in [2.05, 4.69) is 4.72 Å². The molecular weight excluding hydrogens is 262 g/mol. The molecule has 1 aliphatic rings. The van der Waals surface area contributed by atoms with Crippen molar-refractivity contribution in [1.29, 1.82) is 0 Å². The van der Waals surface area contributed by atoms with Crippen molar-refractivity contribution in [1.82, 2.24) is 4.72 Å². The third-order valence-electron chi connectivity index (χ3n) is 2.66.